The van der Waals surface area contributed by atoms with Gasteiger partial charge in [0, 0.05) is 26.2 Å². The Balaban J connectivity index is 1.12. The van der Waals surface area contributed by atoms with Crippen molar-refractivity contribution in [1.29, 1.82) is 0 Å². The number of amides is 1. The number of rotatable bonds is 5. The zero-order chi connectivity index (χ0) is 19.6. The Morgan fingerprint density at radius 1 is 0.897 bits per heavy atom. The van der Waals surface area contributed by atoms with Crippen LogP contribution in [-0.2, 0) is 11.3 Å². The van der Waals surface area contributed by atoms with E-state index >= 15 is 0 Å². The summed E-state index contributed by atoms with van der Waals surface area (Å²) in [7, 11) is 0. The molecule has 5 nitrogen and oxygen atoms in total. The number of aromatic nitrogens is 2. The monoisotopic (exact) mass is 440 g/mol. The molecule has 0 N–H and O–H groups in total. The lowest BCUT2D eigenvalue weighted by Gasteiger charge is -2.34. The summed E-state index contributed by atoms with van der Waals surface area (Å²) in [6, 6.07) is 16.4. The van der Waals surface area contributed by atoms with Crippen molar-refractivity contribution in [3.63, 3.8) is 0 Å². The van der Waals surface area contributed by atoms with Crippen LogP contribution >= 0.6 is 34.4 Å². The first-order valence-corrected chi connectivity index (χ1v) is 12.2. The van der Waals surface area contributed by atoms with E-state index in [4.69, 9.17) is 4.98 Å². The van der Waals surface area contributed by atoms with Gasteiger partial charge in [-0.2, -0.15) is 0 Å². The molecule has 1 aliphatic rings. The minimum Gasteiger partial charge on any atom is -0.339 e. The fourth-order valence-corrected chi connectivity index (χ4v) is 6.44. The van der Waals surface area contributed by atoms with Crippen molar-refractivity contribution in [1.82, 2.24) is 19.8 Å². The number of thiazole rings is 2. The Morgan fingerprint density at radius 3 is 2.24 bits per heavy atom. The topological polar surface area (TPSA) is 49.3 Å². The molecule has 1 saturated heterocycles. The third kappa shape index (κ3) is 4.30. The van der Waals surface area contributed by atoms with Gasteiger partial charge >= 0.3 is 0 Å². The fraction of sp³-hybridized carbons (Fsp3) is 0.286. The molecule has 4 aromatic rings. The van der Waals surface area contributed by atoms with E-state index in [1.165, 1.54) is 9.40 Å². The highest BCUT2D eigenvalue weighted by Gasteiger charge is 2.22. The zero-order valence-corrected chi connectivity index (χ0v) is 18.2. The van der Waals surface area contributed by atoms with Crippen LogP contribution in [0.25, 0.3) is 20.4 Å². The molecular formula is C21H20N4OS3. The molecule has 0 atom stereocenters. The SMILES string of the molecule is O=C(CSc1nc2ccccc2s1)N1CCN(Cc2nc3ccccc3s2)CC1. The average molecular weight is 441 g/mol. The van der Waals surface area contributed by atoms with Gasteiger partial charge in [0.1, 0.15) is 5.01 Å². The van der Waals surface area contributed by atoms with Crippen molar-refractivity contribution in [2.24, 2.45) is 0 Å². The molecule has 0 aliphatic carbocycles. The summed E-state index contributed by atoms with van der Waals surface area (Å²) in [5.41, 5.74) is 2.09. The molecule has 29 heavy (non-hydrogen) atoms. The van der Waals surface area contributed by atoms with Crippen LogP contribution in [0, 0.1) is 0 Å². The van der Waals surface area contributed by atoms with Gasteiger partial charge in [0.25, 0.3) is 0 Å². The first-order chi connectivity index (χ1) is 14.2. The van der Waals surface area contributed by atoms with Crippen LogP contribution in [0.15, 0.2) is 52.9 Å². The Kier molecular flexibility index (Phi) is 5.50. The van der Waals surface area contributed by atoms with E-state index in [-0.39, 0.29) is 5.91 Å². The lowest BCUT2D eigenvalue weighted by molar-refractivity contribution is -0.130. The van der Waals surface area contributed by atoms with Crippen molar-refractivity contribution in [3.8, 4) is 0 Å². The van der Waals surface area contributed by atoms with Crippen molar-refractivity contribution >= 4 is 60.8 Å². The normalized spacial score (nSPS) is 15.4. The second-order valence-electron chi connectivity index (χ2n) is 6.97. The van der Waals surface area contributed by atoms with E-state index in [1.54, 1.807) is 34.4 Å². The molecule has 0 spiro atoms. The van der Waals surface area contributed by atoms with Crippen molar-refractivity contribution in [3.05, 3.63) is 53.5 Å². The summed E-state index contributed by atoms with van der Waals surface area (Å²) < 4.78 is 3.38. The predicted molar refractivity (Wildman–Crippen MR) is 122 cm³/mol. The zero-order valence-electron chi connectivity index (χ0n) is 15.8. The largest absolute Gasteiger partial charge is 0.339 e. The van der Waals surface area contributed by atoms with Crippen molar-refractivity contribution in [2.75, 3.05) is 31.9 Å². The lowest BCUT2D eigenvalue weighted by Crippen LogP contribution is -2.48. The number of hydrogen-bond donors (Lipinski definition) is 0. The van der Waals surface area contributed by atoms with Crippen LogP contribution in [0.1, 0.15) is 5.01 Å². The quantitative estimate of drug-likeness (QED) is 0.432. The van der Waals surface area contributed by atoms with Gasteiger partial charge in [0.15, 0.2) is 4.34 Å². The van der Waals surface area contributed by atoms with Gasteiger partial charge in [0.05, 0.1) is 32.7 Å². The summed E-state index contributed by atoms with van der Waals surface area (Å²) in [5, 5.41) is 1.15. The summed E-state index contributed by atoms with van der Waals surface area (Å²) in [6.07, 6.45) is 0. The number of fused-ring (bicyclic) bond motifs is 2. The number of carbonyl (C=O) groups excluding carboxylic acids is 1. The average Bonchev–Trinajstić information content (AvgIpc) is 3.35. The molecular weight excluding hydrogens is 420 g/mol. The molecule has 148 valence electrons. The minimum atomic E-state index is 0.203. The summed E-state index contributed by atoms with van der Waals surface area (Å²) in [5.74, 6) is 0.659. The molecule has 2 aromatic carbocycles. The molecule has 0 unspecified atom stereocenters. The molecule has 2 aromatic heterocycles. The van der Waals surface area contributed by atoms with Gasteiger partial charge in [-0.1, -0.05) is 36.0 Å². The van der Waals surface area contributed by atoms with Crippen LogP contribution in [0.2, 0.25) is 0 Å². The van der Waals surface area contributed by atoms with E-state index in [0.717, 1.165) is 53.1 Å². The van der Waals surface area contributed by atoms with E-state index in [2.05, 4.69) is 34.1 Å². The van der Waals surface area contributed by atoms with Crippen LogP contribution in [-0.4, -0.2) is 57.6 Å². The van der Waals surface area contributed by atoms with Gasteiger partial charge in [-0.15, -0.1) is 22.7 Å². The van der Waals surface area contributed by atoms with E-state index in [1.807, 2.05) is 29.2 Å². The maximum atomic E-state index is 12.6. The van der Waals surface area contributed by atoms with Crippen LogP contribution in [0.4, 0.5) is 0 Å². The molecule has 0 saturated carbocycles. The van der Waals surface area contributed by atoms with Gasteiger partial charge in [-0.3, -0.25) is 9.69 Å². The number of thioether (sulfide) groups is 1. The number of carbonyl (C=O) groups is 1. The number of piperazine rings is 1. The molecule has 1 fully saturated rings. The molecule has 5 rings (SSSR count). The van der Waals surface area contributed by atoms with Gasteiger partial charge < -0.3 is 4.90 Å². The molecule has 8 heteroatoms. The molecule has 1 aliphatic heterocycles. The van der Waals surface area contributed by atoms with E-state index in [0.29, 0.717) is 5.75 Å². The smallest absolute Gasteiger partial charge is 0.233 e. The highest BCUT2D eigenvalue weighted by atomic mass is 32.2. The van der Waals surface area contributed by atoms with Crippen molar-refractivity contribution in [2.45, 2.75) is 10.9 Å². The lowest BCUT2D eigenvalue weighted by atomic mass is 10.3. The highest BCUT2D eigenvalue weighted by molar-refractivity contribution is 8.01. The summed E-state index contributed by atoms with van der Waals surface area (Å²) in [6.45, 7) is 4.22. The molecule has 3 heterocycles. The first-order valence-electron chi connectivity index (χ1n) is 9.57. The number of para-hydroxylation sites is 2. The molecule has 0 bridgehead atoms. The highest BCUT2D eigenvalue weighted by Crippen LogP contribution is 2.29. The van der Waals surface area contributed by atoms with Crippen LogP contribution < -0.4 is 0 Å². The third-order valence-corrected chi connectivity index (χ3v) is 8.20. The molecule has 1 amide bonds. The van der Waals surface area contributed by atoms with Gasteiger partial charge in [0.2, 0.25) is 5.91 Å². The Morgan fingerprint density at radius 2 is 1.55 bits per heavy atom. The minimum absolute atomic E-state index is 0.203. The number of nitrogens with zero attached hydrogens (tertiary/aromatic N) is 4. The second kappa shape index (κ2) is 8.39. The Hall–Kier alpha value is -2.00. The van der Waals surface area contributed by atoms with Crippen molar-refractivity contribution < 1.29 is 4.79 Å². The van der Waals surface area contributed by atoms with E-state index in [9.17, 15) is 4.79 Å². The number of benzene rings is 2. The first kappa shape index (κ1) is 19.0. The van der Waals surface area contributed by atoms with Crippen LogP contribution in [0.5, 0.6) is 0 Å². The third-order valence-electron chi connectivity index (χ3n) is 5.02. The Bertz CT molecular complexity index is 1080. The predicted octanol–water partition coefficient (Wildman–Crippen LogP) is 4.34. The maximum Gasteiger partial charge on any atom is 0.233 e. The molecule has 0 radical (unpaired) electrons. The summed E-state index contributed by atoms with van der Waals surface area (Å²) >= 11 is 4.97. The van der Waals surface area contributed by atoms with E-state index < -0.39 is 0 Å². The standard InChI is InChI=1S/C21H20N4OS3/c26-20(14-27-21-23-16-6-2-4-8-18(16)29-21)25-11-9-24(10-12-25)13-19-22-15-5-1-3-7-17(15)28-19/h1-8H,9-14H2. The second-order valence-corrected chi connectivity index (χ2v) is 10.3. The number of hydrogen-bond acceptors (Lipinski definition) is 7. The van der Waals surface area contributed by atoms with Gasteiger partial charge in [-0.25, -0.2) is 9.97 Å². The summed E-state index contributed by atoms with van der Waals surface area (Å²) in [4.78, 5) is 26.3. The van der Waals surface area contributed by atoms with Gasteiger partial charge in [-0.05, 0) is 24.3 Å². The Labute approximate surface area is 181 Å². The maximum absolute atomic E-state index is 12.6. The van der Waals surface area contributed by atoms with Crippen LogP contribution in [0.3, 0.4) is 0 Å². The fourth-order valence-electron chi connectivity index (χ4n) is 3.46.